The highest BCUT2D eigenvalue weighted by Crippen LogP contribution is 2.39. The maximum Gasteiger partial charge on any atom is 0.428 e. The molecule has 2 heterocycles. The van der Waals surface area contributed by atoms with Gasteiger partial charge in [0.25, 0.3) is 0 Å². The number of aromatic nitrogens is 2. The molecule has 1 saturated heterocycles. The Kier molecular flexibility index (Phi) is 7.57. The first-order valence-electron chi connectivity index (χ1n) is 11.8. The Bertz CT molecular complexity index is 1290. The first kappa shape index (κ1) is 24.8. The van der Waals surface area contributed by atoms with Crippen LogP contribution in [0.4, 0.5) is 9.18 Å². The van der Waals surface area contributed by atoms with Gasteiger partial charge in [-0.1, -0.05) is 35.3 Å². The van der Waals surface area contributed by atoms with Crippen LogP contribution in [0.1, 0.15) is 36.1 Å². The van der Waals surface area contributed by atoms with E-state index in [1.807, 2.05) is 6.08 Å². The number of carbonyl (C=O) groups excluding carboxylic acids is 1. The lowest BCUT2D eigenvalue weighted by atomic mass is 10.0. The Labute approximate surface area is 218 Å². The fourth-order valence-corrected chi connectivity index (χ4v) is 4.93. The van der Waals surface area contributed by atoms with Gasteiger partial charge in [-0.05, 0) is 73.2 Å². The van der Waals surface area contributed by atoms with Crippen LogP contribution in [0.25, 0.3) is 17.3 Å². The predicted molar refractivity (Wildman–Crippen MR) is 137 cm³/mol. The van der Waals surface area contributed by atoms with Crippen LogP contribution in [0.2, 0.25) is 10.0 Å². The minimum Gasteiger partial charge on any atom is -0.388 e. The molecule has 188 valence electrons. The van der Waals surface area contributed by atoms with Crippen molar-refractivity contribution in [1.29, 1.82) is 0 Å². The van der Waals surface area contributed by atoms with E-state index in [1.165, 1.54) is 12.1 Å². The van der Waals surface area contributed by atoms with Gasteiger partial charge in [-0.3, -0.25) is 5.43 Å². The van der Waals surface area contributed by atoms with Gasteiger partial charge in [0.05, 0.1) is 29.6 Å². The second-order valence-corrected chi connectivity index (χ2v) is 9.51. The van der Waals surface area contributed by atoms with E-state index in [2.05, 4.69) is 5.43 Å². The quantitative estimate of drug-likeness (QED) is 0.424. The molecule has 1 aromatic heterocycles. The molecule has 0 unspecified atom stereocenters. The van der Waals surface area contributed by atoms with Gasteiger partial charge in [0, 0.05) is 23.7 Å². The van der Waals surface area contributed by atoms with Crippen LogP contribution in [-0.2, 0) is 11.2 Å². The van der Waals surface area contributed by atoms with E-state index in [4.69, 9.17) is 37.8 Å². The van der Waals surface area contributed by atoms with Crippen molar-refractivity contribution in [2.24, 2.45) is 0 Å². The van der Waals surface area contributed by atoms with Crippen LogP contribution in [0, 0.1) is 5.82 Å². The zero-order valence-electron chi connectivity index (χ0n) is 19.5. The minimum atomic E-state index is -0.611. The number of nitrogens with one attached hydrogen (secondary N) is 1. The third-order valence-corrected chi connectivity index (χ3v) is 6.71. The van der Waals surface area contributed by atoms with Crippen molar-refractivity contribution in [3.8, 4) is 11.6 Å². The van der Waals surface area contributed by atoms with Gasteiger partial charge in [0.1, 0.15) is 5.82 Å². The summed E-state index contributed by atoms with van der Waals surface area (Å²) in [5.74, 6) is -0.0626. The average Bonchev–Trinajstić information content (AvgIpc) is 3.06. The monoisotopic (exact) mass is 530 g/mol. The highest BCUT2D eigenvalue weighted by atomic mass is 35.5. The second-order valence-electron chi connectivity index (χ2n) is 8.67. The number of morpholine rings is 1. The maximum atomic E-state index is 13.5. The molecule has 2 aromatic carbocycles. The summed E-state index contributed by atoms with van der Waals surface area (Å²) < 4.78 is 26.3. The maximum absolute atomic E-state index is 13.5. The molecule has 0 saturated carbocycles. The molecule has 1 N–H and O–H groups in total. The smallest absolute Gasteiger partial charge is 0.388 e. The van der Waals surface area contributed by atoms with Gasteiger partial charge in [0.2, 0.25) is 5.88 Å². The summed E-state index contributed by atoms with van der Waals surface area (Å²) in [7, 11) is 0. The molecule has 1 fully saturated rings. The van der Waals surface area contributed by atoms with Gasteiger partial charge >= 0.3 is 6.09 Å². The van der Waals surface area contributed by atoms with Crippen molar-refractivity contribution >= 4 is 40.9 Å². The fourth-order valence-electron chi connectivity index (χ4n) is 4.45. The number of hydrogen-bond donors (Lipinski definition) is 1. The average molecular weight is 531 g/mol. The Morgan fingerprint density at radius 1 is 1.08 bits per heavy atom. The molecule has 7 nitrogen and oxygen atoms in total. The van der Waals surface area contributed by atoms with Crippen molar-refractivity contribution < 1.29 is 18.7 Å². The SMILES string of the molecule is O=C(NN1CCOCC1)Oc1nn(-c2ccc(Cl)cc2Cl)c2c1CCCC/C2=C\c1ccc(F)cc1. The standard InChI is InChI=1S/C26H25Cl2FN4O3/c27-19-7-10-23(22(28)16-19)33-24-18(15-17-5-8-20(29)9-6-17)3-1-2-4-21(24)25(30-33)36-26(34)31-32-11-13-35-14-12-32/h5-10,15-16H,1-4,11-14H2,(H,31,34)/b18-15+. The lowest BCUT2D eigenvalue weighted by Crippen LogP contribution is -2.49. The molecular weight excluding hydrogens is 506 g/mol. The van der Waals surface area contributed by atoms with E-state index < -0.39 is 6.09 Å². The first-order valence-corrected chi connectivity index (χ1v) is 12.6. The molecule has 1 aliphatic heterocycles. The van der Waals surface area contributed by atoms with Crippen LogP contribution in [0.15, 0.2) is 42.5 Å². The van der Waals surface area contributed by atoms with E-state index in [-0.39, 0.29) is 11.7 Å². The molecule has 5 rings (SSSR count). The van der Waals surface area contributed by atoms with Crippen LogP contribution in [-0.4, -0.2) is 47.2 Å². The number of rotatable bonds is 4. The summed E-state index contributed by atoms with van der Waals surface area (Å²) in [6.07, 6.45) is 4.70. The molecule has 0 atom stereocenters. The predicted octanol–water partition coefficient (Wildman–Crippen LogP) is 5.92. The highest BCUT2D eigenvalue weighted by molar-refractivity contribution is 6.35. The number of hydrazine groups is 1. The zero-order chi connectivity index (χ0) is 25.1. The number of hydrogen-bond acceptors (Lipinski definition) is 5. The second kappa shape index (κ2) is 11.0. The summed E-state index contributed by atoms with van der Waals surface area (Å²) in [6.45, 7) is 2.23. The number of ether oxygens (including phenoxy) is 2. The van der Waals surface area contributed by atoms with E-state index in [9.17, 15) is 9.18 Å². The van der Waals surface area contributed by atoms with E-state index in [0.717, 1.165) is 41.7 Å². The number of fused-ring (bicyclic) bond motifs is 1. The molecule has 2 aliphatic rings. The van der Waals surface area contributed by atoms with E-state index in [1.54, 1.807) is 40.0 Å². The summed E-state index contributed by atoms with van der Waals surface area (Å²) in [5.41, 5.74) is 6.88. The normalized spacial score (nSPS) is 17.5. The number of halogens is 3. The Morgan fingerprint density at radius 2 is 1.83 bits per heavy atom. The van der Waals surface area contributed by atoms with Gasteiger partial charge in [-0.15, -0.1) is 5.10 Å². The number of benzene rings is 2. The molecule has 3 aromatic rings. The van der Waals surface area contributed by atoms with Crippen molar-refractivity contribution in [3.63, 3.8) is 0 Å². The molecule has 0 spiro atoms. The fraction of sp³-hybridized carbons (Fsp3) is 0.308. The van der Waals surface area contributed by atoms with Crippen LogP contribution < -0.4 is 10.2 Å². The lowest BCUT2D eigenvalue weighted by molar-refractivity contribution is 0.0151. The first-order chi connectivity index (χ1) is 17.5. The molecule has 1 amide bonds. The van der Waals surface area contributed by atoms with Crippen LogP contribution in [0.3, 0.4) is 0 Å². The molecule has 10 heteroatoms. The van der Waals surface area contributed by atoms with Gasteiger partial charge in [-0.2, -0.15) is 0 Å². The Morgan fingerprint density at radius 3 is 2.58 bits per heavy atom. The third kappa shape index (κ3) is 5.57. The van der Waals surface area contributed by atoms with Crippen molar-refractivity contribution in [2.45, 2.75) is 25.7 Å². The van der Waals surface area contributed by atoms with Crippen molar-refractivity contribution in [2.75, 3.05) is 26.3 Å². The number of allylic oxidation sites excluding steroid dienone is 1. The lowest BCUT2D eigenvalue weighted by Gasteiger charge is -2.26. The van der Waals surface area contributed by atoms with E-state index >= 15 is 0 Å². The van der Waals surface area contributed by atoms with Crippen LogP contribution >= 0.6 is 23.2 Å². The van der Waals surface area contributed by atoms with Gasteiger partial charge in [-0.25, -0.2) is 18.9 Å². The van der Waals surface area contributed by atoms with Gasteiger partial charge in [0.15, 0.2) is 0 Å². The molecular formula is C26H25Cl2FN4O3. The number of amides is 1. The summed E-state index contributed by atoms with van der Waals surface area (Å²) in [4.78, 5) is 12.8. The van der Waals surface area contributed by atoms with Crippen molar-refractivity contribution in [1.82, 2.24) is 20.2 Å². The highest BCUT2D eigenvalue weighted by Gasteiger charge is 2.28. The molecule has 36 heavy (non-hydrogen) atoms. The summed E-state index contributed by atoms with van der Waals surface area (Å²) in [5, 5.41) is 7.38. The molecule has 1 aliphatic carbocycles. The minimum absolute atomic E-state index is 0.230. The van der Waals surface area contributed by atoms with Crippen molar-refractivity contribution in [3.05, 3.63) is 75.1 Å². The van der Waals surface area contributed by atoms with Gasteiger partial charge < -0.3 is 9.47 Å². The van der Waals surface area contributed by atoms with E-state index in [0.29, 0.717) is 48.5 Å². The number of carbonyl (C=O) groups is 1. The topological polar surface area (TPSA) is 68.6 Å². The largest absolute Gasteiger partial charge is 0.428 e. The molecule has 0 bridgehead atoms. The Balaban J connectivity index is 1.57. The van der Waals surface area contributed by atoms with Crippen LogP contribution in [0.5, 0.6) is 5.88 Å². The number of nitrogens with zero attached hydrogens (tertiary/aromatic N) is 3. The summed E-state index contributed by atoms with van der Waals surface area (Å²) in [6, 6.07) is 11.5. The third-order valence-electron chi connectivity index (χ3n) is 6.17. The molecule has 0 radical (unpaired) electrons. The zero-order valence-corrected chi connectivity index (χ0v) is 21.0. The summed E-state index contributed by atoms with van der Waals surface area (Å²) >= 11 is 12.7. The Hall–Kier alpha value is -2.91.